The van der Waals surface area contributed by atoms with E-state index in [0.717, 1.165) is 11.2 Å². The number of carbonyl (C=O) groups excluding carboxylic acids is 3. The van der Waals surface area contributed by atoms with Gasteiger partial charge in [0, 0.05) is 27.5 Å². The van der Waals surface area contributed by atoms with Gasteiger partial charge in [0.05, 0.1) is 30.7 Å². The van der Waals surface area contributed by atoms with Gasteiger partial charge in [-0.1, -0.05) is 11.6 Å². The molecule has 1 aromatic heterocycles. The predicted octanol–water partition coefficient (Wildman–Crippen LogP) is 4.59. The zero-order valence-corrected chi connectivity index (χ0v) is 21.3. The summed E-state index contributed by atoms with van der Waals surface area (Å²) in [6.07, 6.45) is -0.0216. The Bertz CT molecular complexity index is 1300. The average molecular weight is 514 g/mol. The fourth-order valence-corrected chi connectivity index (χ4v) is 3.80. The molecular formula is C26H28ClN3O6. The van der Waals surface area contributed by atoms with Crippen LogP contribution in [0, 0.1) is 6.92 Å². The summed E-state index contributed by atoms with van der Waals surface area (Å²) in [5.74, 6) is -0.979. The number of halogens is 1. The lowest BCUT2D eigenvalue weighted by Crippen LogP contribution is -2.26. The summed E-state index contributed by atoms with van der Waals surface area (Å²) in [6, 6.07) is 12.5. The number of rotatable bonds is 10. The number of hydrogen-bond donors (Lipinski definition) is 1. The summed E-state index contributed by atoms with van der Waals surface area (Å²) >= 11 is 6.05. The minimum atomic E-state index is -0.501. The zero-order chi connectivity index (χ0) is 26.2. The maximum absolute atomic E-state index is 12.8. The van der Waals surface area contributed by atoms with Gasteiger partial charge in [0.1, 0.15) is 5.75 Å². The molecule has 0 radical (unpaired) electrons. The lowest BCUT2D eigenvalue weighted by Gasteiger charge is -2.09. The second-order valence-corrected chi connectivity index (χ2v) is 8.26. The van der Waals surface area contributed by atoms with Crippen molar-refractivity contribution in [3.05, 3.63) is 58.7 Å². The molecule has 1 amide bonds. The first-order valence-electron chi connectivity index (χ1n) is 11.4. The number of nitrogens with one attached hydrogen (secondary N) is 1. The molecule has 0 saturated carbocycles. The molecule has 0 atom stereocenters. The fourth-order valence-electron chi connectivity index (χ4n) is 3.67. The summed E-state index contributed by atoms with van der Waals surface area (Å²) in [5.41, 5.74) is 5.47. The van der Waals surface area contributed by atoms with Gasteiger partial charge in [-0.05, 0) is 70.2 Å². The Kier molecular flexibility index (Phi) is 9.08. The van der Waals surface area contributed by atoms with E-state index in [2.05, 4.69) is 10.5 Å². The van der Waals surface area contributed by atoms with E-state index in [0.29, 0.717) is 33.1 Å². The van der Waals surface area contributed by atoms with Crippen LogP contribution in [0.3, 0.4) is 0 Å². The highest BCUT2D eigenvalue weighted by atomic mass is 35.5. The highest BCUT2D eigenvalue weighted by Crippen LogP contribution is 2.33. The third-order valence-corrected chi connectivity index (χ3v) is 5.44. The van der Waals surface area contributed by atoms with Crippen LogP contribution in [0.15, 0.2) is 47.6 Å². The van der Waals surface area contributed by atoms with Crippen molar-refractivity contribution in [2.45, 2.75) is 34.1 Å². The maximum Gasteiger partial charge on any atom is 0.340 e. The van der Waals surface area contributed by atoms with Gasteiger partial charge in [-0.2, -0.15) is 5.10 Å². The van der Waals surface area contributed by atoms with Crippen molar-refractivity contribution in [3.8, 4) is 11.4 Å². The zero-order valence-electron chi connectivity index (χ0n) is 20.6. The van der Waals surface area contributed by atoms with Crippen molar-refractivity contribution in [1.29, 1.82) is 0 Å². The second-order valence-electron chi connectivity index (χ2n) is 7.82. The molecule has 2 aromatic carbocycles. The molecule has 36 heavy (non-hydrogen) atoms. The van der Waals surface area contributed by atoms with Gasteiger partial charge in [0.25, 0.3) is 5.91 Å². The number of carbonyl (C=O) groups is 3. The quantitative estimate of drug-likeness (QED) is 0.241. The van der Waals surface area contributed by atoms with E-state index in [1.165, 1.54) is 0 Å². The monoisotopic (exact) mass is 513 g/mol. The second kappa shape index (κ2) is 12.2. The van der Waals surface area contributed by atoms with Crippen molar-refractivity contribution >= 4 is 46.1 Å². The molecule has 9 nitrogen and oxygen atoms in total. The third-order valence-electron chi connectivity index (χ3n) is 5.19. The molecule has 1 N–H and O–H groups in total. The largest absolute Gasteiger partial charge is 0.484 e. The molecule has 190 valence electrons. The number of amides is 1. The first-order chi connectivity index (χ1) is 17.2. The van der Waals surface area contributed by atoms with Gasteiger partial charge < -0.3 is 18.8 Å². The van der Waals surface area contributed by atoms with Gasteiger partial charge in [-0.3, -0.25) is 9.59 Å². The molecule has 0 fully saturated rings. The molecular weight excluding hydrogens is 486 g/mol. The summed E-state index contributed by atoms with van der Waals surface area (Å²) in [5, 5.41) is 5.11. The molecule has 0 unspecified atom stereocenters. The van der Waals surface area contributed by atoms with E-state index in [4.69, 9.17) is 25.8 Å². The molecule has 0 spiro atoms. The molecule has 0 bridgehead atoms. The number of esters is 2. The minimum absolute atomic E-state index is 0.0216. The Morgan fingerprint density at radius 1 is 1.03 bits per heavy atom. The number of benzene rings is 2. The Morgan fingerprint density at radius 3 is 2.39 bits per heavy atom. The van der Waals surface area contributed by atoms with Crippen LogP contribution < -0.4 is 10.2 Å². The smallest absolute Gasteiger partial charge is 0.340 e. The average Bonchev–Trinajstić information content (AvgIpc) is 3.13. The first-order valence-corrected chi connectivity index (χ1v) is 11.8. The summed E-state index contributed by atoms with van der Waals surface area (Å²) in [4.78, 5) is 36.5. The lowest BCUT2D eigenvalue weighted by molar-refractivity contribution is -0.141. The van der Waals surface area contributed by atoms with Crippen LogP contribution >= 0.6 is 11.6 Å². The fraction of sp³-hybridized carbons (Fsp3) is 0.308. The minimum Gasteiger partial charge on any atom is -0.484 e. The van der Waals surface area contributed by atoms with Crippen LogP contribution in [0.4, 0.5) is 0 Å². The highest BCUT2D eigenvalue weighted by Gasteiger charge is 2.22. The maximum atomic E-state index is 12.8. The van der Waals surface area contributed by atoms with Crippen LogP contribution in [0.2, 0.25) is 5.02 Å². The number of fused-ring (bicyclic) bond motifs is 1. The molecule has 0 saturated heterocycles. The predicted molar refractivity (Wildman–Crippen MR) is 137 cm³/mol. The summed E-state index contributed by atoms with van der Waals surface area (Å²) < 4.78 is 17.7. The lowest BCUT2D eigenvalue weighted by atomic mass is 10.1. The highest BCUT2D eigenvalue weighted by molar-refractivity contribution is 6.30. The van der Waals surface area contributed by atoms with Crippen LogP contribution in [-0.2, 0) is 19.1 Å². The topological polar surface area (TPSA) is 108 Å². The van der Waals surface area contributed by atoms with Crippen LogP contribution in [-0.4, -0.2) is 47.9 Å². The van der Waals surface area contributed by atoms with E-state index < -0.39 is 17.8 Å². The molecule has 3 aromatic rings. The molecule has 3 rings (SSSR count). The van der Waals surface area contributed by atoms with E-state index in [1.54, 1.807) is 45.0 Å². The van der Waals surface area contributed by atoms with Crippen molar-refractivity contribution in [3.63, 3.8) is 0 Å². The van der Waals surface area contributed by atoms with Crippen molar-refractivity contribution in [2.24, 2.45) is 5.10 Å². The number of hydrogen-bond acceptors (Lipinski definition) is 7. The van der Waals surface area contributed by atoms with Crippen LogP contribution in [0.5, 0.6) is 5.75 Å². The Balaban J connectivity index is 1.83. The Labute approximate surface area is 214 Å². The SMILES string of the molecule is CCOC(=O)C/C(C)=N\NC(=O)COc1ccc2c(c1)c(C(=O)OCC)c(C)n2-c1ccc(Cl)cc1. The molecule has 1 heterocycles. The van der Waals surface area contributed by atoms with Crippen molar-refractivity contribution < 1.29 is 28.6 Å². The van der Waals surface area contributed by atoms with Gasteiger partial charge in [0.15, 0.2) is 6.61 Å². The van der Waals surface area contributed by atoms with E-state index in [9.17, 15) is 14.4 Å². The number of aromatic nitrogens is 1. The van der Waals surface area contributed by atoms with E-state index in [-0.39, 0.29) is 26.2 Å². The normalized spacial score (nSPS) is 11.3. The van der Waals surface area contributed by atoms with Gasteiger partial charge >= 0.3 is 11.9 Å². The summed E-state index contributed by atoms with van der Waals surface area (Å²) in [6.45, 7) is 7.10. The third kappa shape index (κ3) is 6.42. The molecule has 0 aliphatic carbocycles. The van der Waals surface area contributed by atoms with Crippen LogP contribution in [0.1, 0.15) is 43.2 Å². The number of nitrogens with zero attached hydrogens (tertiary/aromatic N) is 2. The molecule has 10 heteroatoms. The van der Waals surface area contributed by atoms with Gasteiger partial charge in [-0.15, -0.1) is 0 Å². The van der Waals surface area contributed by atoms with Crippen molar-refractivity contribution in [2.75, 3.05) is 19.8 Å². The standard InChI is InChI=1S/C26H28ClN3O6/c1-5-34-24(32)13-16(3)28-29-23(31)15-36-20-11-12-22-21(14-20)25(26(33)35-6-2)17(4)30(22)19-9-7-18(27)8-10-19/h7-12,14H,5-6,13,15H2,1-4H3,(H,29,31)/b28-16-. The Hall–Kier alpha value is -3.85. The molecule has 0 aliphatic rings. The Morgan fingerprint density at radius 2 is 1.72 bits per heavy atom. The number of hydrazone groups is 1. The van der Waals surface area contributed by atoms with Crippen molar-refractivity contribution in [1.82, 2.24) is 9.99 Å². The van der Waals surface area contributed by atoms with E-state index >= 15 is 0 Å². The van der Waals surface area contributed by atoms with Gasteiger partial charge in [-0.25, -0.2) is 10.2 Å². The molecule has 0 aliphatic heterocycles. The van der Waals surface area contributed by atoms with Gasteiger partial charge in [0.2, 0.25) is 0 Å². The number of ether oxygens (including phenoxy) is 3. The van der Waals surface area contributed by atoms with E-state index in [1.807, 2.05) is 29.7 Å². The first kappa shape index (κ1) is 26.7. The summed E-state index contributed by atoms with van der Waals surface area (Å²) in [7, 11) is 0. The van der Waals surface area contributed by atoms with Crippen LogP contribution in [0.25, 0.3) is 16.6 Å².